The van der Waals surface area contributed by atoms with Gasteiger partial charge in [-0.05, 0) is 20.5 Å². The Morgan fingerprint density at radius 1 is 1.11 bits per heavy atom. The third-order valence-electron chi connectivity index (χ3n) is 2.74. The minimum absolute atomic E-state index is 0.0269. The van der Waals surface area contributed by atoms with Crippen LogP contribution in [0.15, 0.2) is 0 Å². The van der Waals surface area contributed by atoms with Crippen molar-refractivity contribution in [3.8, 4) is 0 Å². The van der Waals surface area contributed by atoms with E-state index in [1.54, 1.807) is 4.90 Å². The van der Waals surface area contributed by atoms with Gasteiger partial charge in [-0.1, -0.05) is 13.3 Å². The Balaban J connectivity index is 4.56. The average Bonchev–Trinajstić information content (AvgIpc) is 2.26. The number of hydrogen-bond donors (Lipinski definition) is 2. The van der Waals surface area contributed by atoms with Gasteiger partial charge in [0.05, 0.1) is 6.42 Å². The number of carboxylic acids is 2. The molecule has 0 amide bonds. The molecule has 106 valence electrons. The fourth-order valence-electron chi connectivity index (χ4n) is 1.73. The second-order valence-corrected chi connectivity index (χ2v) is 4.63. The topological polar surface area (TPSA) is 81.1 Å². The summed E-state index contributed by atoms with van der Waals surface area (Å²) in [6.07, 6.45) is 1.28. The Morgan fingerprint density at radius 3 is 2.11 bits per heavy atom. The predicted octanol–water partition coefficient (Wildman–Crippen LogP) is 0.578. The Bertz CT molecular complexity index is 269. The molecule has 0 radical (unpaired) electrons. The molecule has 6 heteroatoms. The molecule has 0 aliphatic carbocycles. The molecule has 0 aromatic rings. The standard InChI is InChI=1S/C12H24N2O4/c1-4-5-10(12(17)18)14(7-6-11(15)16)9-8-13(2)3/h10H,4-9H2,1-3H3,(H,15,16)(H,17,18). The molecule has 0 aliphatic rings. The first-order valence-corrected chi connectivity index (χ1v) is 6.21. The van der Waals surface area contributed by atoms with Crippen molar-refractivity contribution >= 4 is 11.9 Å². The Hall–Kier alpha value is -1.14. The van der Waals surface area contributed by atoms with Crippen molar-refractivity contribution in [3.05, 3.63) is 0 Å². The highest BCUT2D eigenvalue weighted by Crippen LogP contribution is 2.08. The van der Waals surface area contributed by atoms with E-state index >= 15 is 0 Å². The highest BCUT2D eigenvalue weighted by molar-refractivity contribution is 5.73. The minimum atomic E-state index is -0.898. The van der Waals surface area contributed by atoms with Crippen LogP contribution in [-0.2, 0) is 9.59 Å². The van der Waals surface area contributed by atoms with E-state index in [-0.39, 0.29) is 13.0 Å². The smallest absolute Gasteiger partial charge is 0.320 e. The molecule has 0 aromatic heterocycles. The molecule has 0 aromatic carbocycles. The molecular formula is C12H24N2O4. The number of aliphatic carboxylic acids is 2. The van der Waals surface area contributed by atoms with Gasteiger partial charge in [0.25, 0.3) is 0 Å². The molecular weight excluding hydrogens is 236 g/mol. The normalized spacial score (nSPS) is 12.9. The maximum atomic E-state index is 11.2. The van der Waals surface area contributed by atoms with Crippen molar-refractivity contribution in [2.45, 2.75) is 32.2 Å². The van der Waals surface area contributed by atoms with Gasteiger partial charge in [0, 0.05) is 19.6 Å². The van der Waals surface area contributed by atoms with Crippen molar-refractivity contribution in [3.63, 3.8) is 0 Å². The number of carbonyl (C=O) groups is 2. The van der Waals surface area contributed by atoms with Crippen LogP contribution < -0.4 is 0 Å². The molecule has 0 heterocycles. The summed E-state index contributed by atoms with van der Waals surface area (Å²) in [5.74, 6) is -1.77. The molecule has 0 fully saturated rings. The zero-order chi connectivity index (χ0) is 14.1. The molecule has 2 N–H and O–H groups in total. The van der Waals surface area contributed by atoms with Gasteiger partial charge in [0.2, 0.25) is 0 Å². The lowest BCUT2D eigenvalue weighted by Gasteiger charge is -2.29. The summed E-state index contributed by atoms with van der Waals surface area (Å²) in [5, 5.41) is 17.9. The van der Waals surface area contributed by atoms with Crippen LogP contribution in [-0.4, -0.2) is 71.7 Å². The Kier molecular flexibility index (Phi) is 8.32. The van der Waals surface area contributed by atoms with E-state index in [2.05, 4.69) is 0 Å². The number of rotatable bonds is 10. The second-order valence-electron chi connectivity index (χ2n) is 4.63. The van der Waals surface area contributed by atoms with Crippen LogP contribution in [0, 0.1) is 0 Å². The van der Waals surface area contributed by atoms with Crippen LogP contribution in [0.3, 0.4) is 0 Å². The van der Waals surface area contributed by atoms with E-state index < -0.39 is 18.0 Å². The van der Waals surface area contributed by atoms with Gasteiger partial charge >= 0.3 is 11.9 Å². The van der Waals surface area contributed by atoms with E-state index in [9.17, 15) is 14.7 Å². The molecule has 0 rings (SSSR count). The summed E-state index contributed by atoms with van der Waals surface area (Å²) in [6, 6.07) is -0.589. The van der Waals surface area contributed by atoms with Crippen LogP contribution in [0.2, 0.25) is 0 Å². The first kappa shape index (κ1) is 16.9. The largest absolute Gasteiger partial charge is 0.481 e. The lowest BCUT2D eigenvalue weighted by atomic mass is 10.1. The lowest BCUT2D eigenvalue weighted by molar-refractivity contribution is -0.145. The van der Waals surface area contributed by atoms with Crippen LogP contribution in [0.5, 0.6) is 0 Å². The van der Waals surface area contributed by atoms with Crippen LogP contribution in [0.1, 0.15) is 26.2 Å². The SMILES string of the molecule is CCCC(C(=O)O)N(CCC(=O)O)CCN(C)C. The van der Waals surface area contributed by atoms with Crippen LogP contribution in [0.4, 0.5) is 0 Å². The van der Waals surface area contributed by atoms with Crippen molar-refractivity contribution in [1.29, 1.82) is 0 Å². The van der Waals surface area contributed by atoms with Crippen LogP contribution in [0.25, 0.3) is 0 Å². The van der Waals surface area contributed by atoms with Crippen molar-refractivity contribution in [1.82, 2.24) is 9.80 Å². The van der Waals surface area contributed by atoms with E-state index in [1.807, 2.05) is 25.9 Å². The van der Waals surface area contributed by atoms with Gasteiger partial charge in [-0.25, -0.2) is 0 Å². The fraction of sp³-hybridized carbons (Fsp3) is 0.833. The number of likely N-dealkylation sites (N-methyl/N-ethyl adjacent to an activating group) is 1. The van der Waals surface area contributed by atoms with Gasteiger partial charge in [0.1, 0.15) is 6.04 Å². The summed E-state index contributed by atoms with van der Waals surface area (Å²) in [4.78, 5) is 25.5. The molecule has 0 saturated carbocycles. The summed E-state index contributed by atoms with van der Waals surface area (Å²) in [7, 11) is 3.82. The molecule has 0 spiro atoms. The predicted molar refractivity (Wildman–Crippen MR) is 68.7 cm³/mol. The molecule has 6 nitrogen and oxygen atoms in total. The van der Waals surface area contributed by atoms with E-state index in [0.717, 1.165) is 6.42 Å². The zero-order valence-electron chi connectivity index (χ0n) is 11.4. The van der Waals surface area contributed by atoms with Gasteiger partial charge in [0.15, 0.2) is 0 Å². The highest BCUT2D eigenvalue weighted by atomic mass is 16.4. The van der Waals surface area contributed by atoms with Crippen molar-refractivity contribution in [2.24, 2.45) is 0 Å². The molecule has 0 saturated heterocycles. The summed E-state index contributed by atoms with van der Waals surface area (Å²) < 4.78 is 0. The van der Waals surface area contributed by atoms with Gasteiger partial charge in [-0.3, -0.25) is 14.5 Å². The first-order chi connectivity index (χ1) is 8.38. The fourth-order valence-corrected chi connectivity index (χ4v) is 1.73. The van der Waals surface area contributed by atoms with Gasteiger partial charge in [-0.2, -0.15) is 0 Å². The Morgan fingerprint density at radius 2 is 1.72 bits per heavy atom. The quantitative estimate of drug-likeness (QED) is 0.598. The molecule has 1 unspecified atom stereocenters. The number of carboxylic acid groups (broad SMARTS) is 2. The summed E-state index contributed by atoms with van der Waals surface area (Å²) in [6.45, 7) is 3.49. The molecule has 0 aliphatic heterocycles. The number of hydrogen-bond acceptors (Lipinski definition) is 4. The Labute approximate surface area is 108 Å². The maximum absolute atomic E-state index is 11.2. The maximum Gasteiger partial charge on any atom is 0.320 e. The average molecular weight is 260 g/mol. The molecule has 0 bridgehead atoms. The highest BCUT2D eigenvalue weighted by Gasteiger charge is 2.24. The van der Waals surface area contributed by atoms with E-state index in [4.69, 9.17) is 5.11 Å². The minimum Gasteiger partial charge on any atom is -0.481 e. The van der Waals surface area contributed by atoms with Crippen LogP contribution >= 0.6 is 0 Å². The van der Waals surface area contributed by atoms with Gasteiger partial charge in [-0.15, -0.1) is 0 Å². The number of nitrogens with zero attached hydrogens (tertiary/aromatic N) is 2. The van der Waals surface area contributed by atoms with E-state index in [1.165, 1.54) is 0 Å². The third kappa shape index (κ3) is 7.24. The van der Waals surface area contributed by atoms with Gasteiger partial charge < -0.3 is 15.1 Å². The van der Waals surface area contributed by atoms with Crippen molar-refractivity contribution < 1.29 is 19.8 Å². The second kappa shape index (κ2) is 8.88. The first-order valence-electron chi connectivity index (χ1n) is 6.21. The lowest BCUT2D eigenvalue weighted by Crippen LogP contribution is -2.45. The summed E-state index contributed by atoms with van der Waals surface area (Å²) >= 11 is 0. The summed E-state index contributed by atoms with van der Waals surface area (Å²) in [5.41, 5.74) is 0. The molecule has 1 atom stereocenters. The van der Waals surface area contributed by atoms with Crippen molar-refractivity contribution in [2.75, 3.05) is 33.7 Å². The third-order valence-corrected chi connectivity index (χ3v) is 2.74. The molecule has 18 heavy (non-hydrogen) atoms. The van der Waals surface area contributed by atoms with E-state index in [0.29, 0.717) is 19.5 Å². The zero-order valence-corrected chi connectivity index (χ0v) is 11.4. The monoisotopic (exact) mass is 260 g/mol.